The number of nitrogens with zero attached hydrogens (tertiary/aromatic N) is 2. The Morgan fingerprint density at radius 3 is 2.62 bits per heavy atom. The predicted molar refractivity (Wildman–Crippen MR) is 96.7 cm³/mol. The van der Waals surface area contributed by atoms with E-state index in [1.807, 2.05) is 0 Å². The minimum Gasteiger partial charge on any atom is -0.341 e. The van der Waals surface area contributed by atoms with Crippen LogP contribution in [-0.2, 0) is 19.4 Å². The third-order valence-electron chi connectivity index (χ3n) is 5.14. The summed E-state index contributed by atoms with van der Waals surface area (Å²) >= 11 is 0. The molecule has 7 nitrogen and oxygen atoms in total. The molecule has 0 spiro atoms. The molecule has 1 aromatic rings. The van der Waals surface area contributed by atoms with Gasteiger partial charge < -0.3 is 9.80 Å². The number of carbonyl (C=O) groups excluding carboxylic acids is 3. The first-order valence-corrected chi connectivity index (χ1v) is 10.4. The van der Waals surface area contributed by atoms with Crippen LogP contribution in [0.5, 0.6) is 0 Å². The first-order valence-electron chi connectivity index (χ1n) is 8.56. The molecule has 2 amide bonds. The van der Waals surface area contributed by atoms with Crippen LogP contribution in [-0.4, -0.2) is 62.1 Å². The Morgan fingerprint density at radius 1 is 1.27 bits per heavy atom. The fourth-order valence-corrected chi connectivity index (χ4v) is 5.34. The average molecular weight is 378 g/mol. The van der Waals surface area contributed by atoms with E-state index in [1.165, 1.54) is 16.7 Å². The van der Waals surface area contributed by atoms with E-state index in [0.717, 1.165) is 0 Å². The fraction of sp³-hybridized carbons (Fsp3) is 0.500. The zero-order valence-corrected chi connectivity index (χ0v) is 15.7. The molecule has 1 aromatic carbocycles. The molecular formula is C18H22N2O5S. The lowest BCUT2D eigenvalue weighted by atomic mass is 10.1. The molecule has 2 aliphatic rings. The van der Waals surface area contributed by atoms with Gasteiger partial charge in [0.25, 0.3) is 0 Å². The van der Waals surface area contributed by atoms with E-state index >= 15 is 0 Å². The molecule has 8 heteroatoms. The van der Waals surface area contributed by atoms with Gasteiger partial charge in [0.05, 0.1) is 17.4 Å². The lowest BCUT2D eigenvalue weighted by Gasteiger charge is -2.26. The predicted octanol–water partition coefficient (Wildman–Crippen LogP) is 0.888. The van der Waals surface area contributed by atoms with E-state index in [1.54, 1.807) is 31.3 Å². The summed E-state index contributed by atoms with van der Waals surface area (Å²) in [4.78, 5) is 39.7. The normalized spacial score (nSPS) is 24.7. The standard InChI is InChI=1S/C18H22N2O5S/c1-12(21)13-4-3-5-15(8-13)20-10-14(9-17(20)22)18(23)19(2)16-6-7-26(24,25)11-16/h3-5,8,14,16H,6-7,9-11H2,1-2H3. The lowest BCUT2D eigenvalue weighted by Crippen LogP contribution is -2.42. The SMILES string of the molecule is CC(=O)c1cccc(N2CC(C(=O)N(C)C3CCS(=O)(=O)C3)CC2=O)c1. The fourth-order valence-electron chi connectivity index (χ4n) is 3.56. The van der Waals surface area contributed by atoms with Crippen LogP contribution in [0.1, 0.15) is 30.1 Å². The van der Waals surface area contributed by atoms with E-state index in [9.17, 15) is 22.8 Å². The number of benzene rings is 1. The minimum absolute atomic E-state index is 0.0136. The summed E-state index contributed by atoms with van der Waals surface area (Å²) < 4.78 is 23.3. The maximum absolute atomic E-state index is 12.7. The highest BCUT2D eigenvalue weighted by molar-refractivity contribution is 7.91. The second kappa shape index (κ2) is 6.83. The highest BCUT2D eigenvalue weighted by Crippen LogP contribution is 2.28. The van der Waals surface area contributed by atoms with Crippen LogP contribution in [0.4, 0.5) is 5.69 Å². The highest BCUT2D eigenvalue weighted by Gasteiger charge is 2.40. The van der Waals surface area contributed by atoms with E-state index in [4.69, 9.17) is 0 Å². The van der Waals surface area contributed by atoms with Crippen LogP contribution in [0.15, 0.2) is 24.3 Å². The summed E-state index contributed by atoms with van der Waals surface area (Å²) in [6, 6.07) is 6.47. The summed E-state index contributed by atoms with van der Waals surface area (Å²) in [6.45, 7) is 1.70. The number of hydrogen-bond acceptors (Lipinski definition) is 5. The number of rotatable bonds is 4. The van der Waals surface area contributed by atoms with Crippen molar-refractivity contribution in [1.29, 1.82) is 0 Å². The molecule has 2 unspecified atom stereocenters. The Hall–Kier alpha value is -2.22. The number of carbonyl (C=O) groups is 3. The topological polar surface area (TPSA) is 91.8 Å². The van der Waals surface area contributed by atoms with Crippen LogP contribution < -0.4 is 4.90 Å². The Bertz CT molecular complexity index is 864. The molecule has 140 valence electrons. The van der Waals surface area contributed by atoms with Crippen LogP contribution >= 0.6 is 0 Å². The third-order valence-corrected chi connectivity index (χ3v) is 6.89. The molecule has 0 N–H and O–H groups in total. The Labute approximate surface area is 152 Å². The Balaban J connectivity index is 1.72. The van der Waals surface area contributed by atoms with Crippen molar-refractivity contribution in [1.82, 2.24) is 4.90 Å². The molecule has 2 fully saturated rings. The van der Waals surface area contributed by atoms with Crippen LogP contribution in [0.25, 0.3) is 0 Å². The van der Waals surface area contributed by atoms with Gasteiger partial charge in [-0.2, -0.15) is 0 Å². The second-order valence-corrected chi connectivity index (χ2v) is 9.25. The van der Waals surface area contributed by atoms with E-state index in [2.05, 4.69) is 0 Å². The highest BCUT2D eigenvalue weighted by atomic mass is 32.2. The van der Waals surface area contributed by atoms with Crippen molar-refractivity contribution >= 4 is 33.1 Å². The molecule has 0 saturated carbocycles. The lowest BCUT2D eigenvalue weighted by molar-refractivity contribution is -0.136. The minimum atomic E-state index is -3.08. The summed E-state index contributed by atoms with van der Waals surface area (Å²) in [5.41, 5.74) is 1.11. The maximum Gasteiger partial charge on any atom is 0.228 e. The van der Waals surface area contributed by atoms with Crippen LogP contribution in [0, 0.1) is 5.92 Å². The van der Waals surface area contributed by atoms with Gasteiger partial charge in [0.15, 0.2) is 15.6 Å². The summed E-state index contributed by atoms with van der Waals surface area (Å²) in [5.74, 6) is -0.879. The molecular weight excluding hydrogens is 356 g/mol. The Kier molecular flexibility index (Phi) is 4.88. The molecule has 0 aromatic heterocycles. The molecule has 2 atom stereocenters. The molecule has 2 aliphatic heterocycles. The summed E-state index contributed by atoms with van der Waals surface area (Å²) in [5, 5.41) is 0. The van der Waals surface area contributed by atoms with Gasteiger partial charge in [0.1, 0.15) is 0 Å². The quantitative estimate of drug-likeness (QED) is 0.726. The van der Waals surface area contributed by atoms with Crippen LogP contribution in [0.2, 0.25) is 0 Å². The van der Waals surface area contributed by atoms with Crippen molar-refractivity contribution in [2.24, 2.45) is 5.92 Å². The molecule has 2 saturated heterocycles. The molecule has 26 heavy (non-hydrogen) atoms. The number of Topliss-reactive ketones (excluding diaryl/α,β-unsaturated/α-hetero) is 1. The van der Waals surface area contributed by atoms with E-state index < -0.39 is 15.8 Å². The van der Waals surface area contributed by atoms with Gasteiger partial charge in [-0.25, -0.2) is 8.42 Å². The number of sulfone groups is 1. The van der Waals surface area contributed by atoms with Gasteiger partial charge in [0.2, 0.25) is 11.8 Å². The number of ketones is 1. The van der Waals surface area contributed by atoms with Crippen molar-refractivity contribution in [3.8, 4) is 0 Å². The summed E-state index contributed by atoms with van der Waals surface area (Å²) in [7, 11) is -1.47. The van der Waals surface area contributed by atoms with E-state index in [0.29, 0.717) is 17.7 Å². The van der Waals surface area contributed by atoms with Crippen molar-refractivity contribution in [3.05, 3.63) is 29.8 Å². The molecule has 0 aliphatic carbocycles. The van der Waals surface area contributed by atoms with Gasteiger partial charge in [-0.05, 0) is 25.5 Å². The van der Waals surface area contributed by atoms with E-state index in [-0.39, 0.29) is 48.1 Å². The molecule has 3 rings (SSSR count). The van der Waals surface area contributed by atoms with Gasteiger partial charge in [-0.3, -0.25) is 14.4 Å². The first-order chi connectivity index (χ1) is 12.2. The van der Waals surface area contributed by atoms with Crippen molar-refractivity contribution in [3.63, 3.8) is 0 Å². The first kappa shape index (κ1) is 18.6. The Morgan fingerprint density at radius 2 is 2.00 bits per heavy atom. The number of amides is 2. The van der Waals surface area contributed by atoms with Gasteiger partial charge in [-0.15, -0.1) is 0 Å². The summed E-state index contributed by atoms with van der Waals surface area (Å²) in [6.07, 6.45) is 0.530. The van der Waals surface area contributed by atoms with Crippen molar-refractivity contribution in [2.75, 3.05) is 30.0 Å². The maximum atomic E-state index is 12.7. The second-order valence-electron chi connectivity index (χ2n) is 7.02. The molecule has 0 radical (unpaired) electrons. The monoisotopic (exact) mass is 378 g/mol. The van der Waals surface area contributed by atoms with Crippen molar-refractivity contribution < 1.29 is 22.8 Å². The largest absolute Gasteiger partial charge is 0.341 e. The van der Waals surface area contributed by atoms with Gasteiger partial charge >= 0.3 is 0 Å². The third kappa shape index (κ3) is 3.65. The number of anilines is 1. The van der Waals surface area contributed by atoms with Gasteiger partial charge in [-0.1, -0.05) is 12.1 Å². The molecule has 2 heterocycles. The zero-order chi connectivity index (χ0) is 19.1. The van der Waals surface area contributed by atoms with Gasteiger partial charge in [0, 0.05) is 37.3 Å². The smallest absolute Gasteiger partial charge is 0.228 e. The van der Waals surface area contributed by atoms with Crippen molar-refractivity contribution in [2.45, 2.75) is 25.8 Å². The average Bonchev–Trinajstić information content (AvgIpc) is 3.16. The van der Waals surface area contributed by atoms with Crippen LogP contribution in [0.3, 0.4) is 0 Å². The molecule has 0 bridgehead atoms. The number of hydrogen-bond donors (Lipinski definition) is 0. The zero-order valence-electron chi connectivity index (χ0n) is 14.8.